The van der Waals surface area contributed by atoms with Crippen LogP contribution in [0.1, 0.15) is 12.0 Å². The van der Waals surface area contributed by atoms with Crippen LogP contribution in [-0.4, -0.2) is 13.2 Å². The van der Waals surface area contributed by atoms with E-state index in [2.05, 4.69) is 29.6 Å². The van der Waals surface area contributed by atoms with E-state index in [1.165, 1.54) is 5.56 Å². The molecule has 2 aromatic carbocycles. The minimum absolute atomic E-state index is 0.0808. The summed E-state index contributed by atoms with van der Waals surface area (Å²) in [5.74, 6) is 0.722. The van der Waals surface area contributed by atoms with Crippen molar-refractivity contribution in [3.05, 3.63) is 60.2 Å². The lowest BCUT2D eigenvalue weighted by Gasteiger charge is -2.08. The average molecular weight is 266 g/mol. The van der Waals surface area contributed by atoms with Gasteiger partial charge in [-0.15, -0.1) is 0 Å². The molecule has 0 saturated carbocycles. The standard InChI is InChI=1S/C17H18N2O/c18-11-13-20-17-10-4-9-16(14-17)19-12-5-8-15-6-2-1-3-7-15/h1-4,6-7,9-10,14,19H,5,8,12-13H2. The maximum atomic E-state index is 8.49. The third-order valence-corrected chi connectivity index (χ3v) is 2.95. The summed E-state index contributed by atoms with van der Waals surface area (Å²) in [6.45, 7) is 0.994. The Balaban J connectivity index is 1.75. The number of nitrogens with one attached hydrogen (secondary N) is 1. The Morgan fingerprint density at radius 2 is 1.90 bits per heavy atom. The molecule has 0 unspecified atom stereocenters. The van der Waals surface area contributed by atoms with Crippen molar-refractivity contribution in [3.8, 4) is 11.8 Å². The summed E-state index contributed by atoms with van der Waals surface area (Å²) in [4.78, 5) is 0. The van der Waals surface area contributed by atoms with Gasteiger partial charge < -0.3 is 10.1 Å². The van der Waals surface area contributed by atoms with Gasteiger partial charge in [-0.3, -0.25) is 0 Å². The zero-order chi connectivity index (χ0) is 14.0. The fourth-order valence-electron chi connectivity index (χ4n) is 1.98. The molecule has 0 aromatic heterocycles. The molecule has 0 bridgehead atoms. The van der Waals surface area contributed by atoms with E-state index in [4.69, 9.17) is 10.00 Å². The number of nitrogens with zero attached hydrogens (tertiary/aromatic N) is 1. The van der Waals surface area contributed by atoms with Crippen LogP contribution in [0.15, 0.2) is 54.6 Å². The van der Waals surface area contributed by atoms with Crippen LogP contribution in [0.5, 0.6) is 5.75 Å². The molecule has 0 fully saturated rings. The van der Waals surface area contributed by atoms with E-state index in [9.17, 15) is 0 Å². The molecular formula is C17H18N2O. The van der Waals surface area contributed by atoms with E-state index in [-0.39, 0.29) is 6.61 Å². The van der Waals surface area contributed by atoms with E-state index < -0.39 is 0 Å². The van der Waals surface area contributed by atoms with Crippen molar-refractivity contribution < 1.29 is 4.74 Å². The maximum Gasteiger partial charge on any atom is 0.174 e. The van der Waals surface area contributed by atoms with Crippen LogP contribution in [-0.2, 0) is 6.42 Å². The predicted octanol–water partition coefficient (Wildman–Crippen LogP) is 3.63. The number of hydrogen-bond donors (Lipinski definition) is 1. The molecule has 0 atom stereocenters. The molecule has 0 aliphatic rings. The molecule has 2 aromatic rings. The minimum Gasteiger partial charge on any atom is -0.479 e. The Kier molecular flexibility index (Phi) is 5.48. The van der Waals surface area contributed by atoms with Crippen LogP contribution < -0.4 is 10.1 Å². The number of rotatable bonds is 7. The van der Waals surface area contributed by atoms with Gasteiger partial charge in [-0.05, 0) is 30.5 Å². The zero-order valence-electron chi connectivity index (χ0n) is 11.4. The lowest BCUT2D eigenvalue weighted by Crippen LogP contribution is -2.03. The van der Waals surface area contributed by atoms with Gasteiger partial charge >= 0.3 is 0 Å². The Morgan fingerprint density at radius 1 is 1.05 bits per heavy atom. The topological polar surface area (TPSA) is 45.0 Å². The lowest BCUT2D eigenvalue weighted by molar-refractivity contribution is 0.368. The lowest BCUT2D eigenvalue weighted by atomic mass is 10.1. The molecule has 0 radical (unpaired) electrons. The van der Waals surface area contributed by atoms with Crippen LogP contribution in [0.2, 0.25) is 0 Å². The second-order valence-electron chi connectivity index (χ2n) is 4.49. The minimum atomic E-state index is 0.0808. The van der Waals surface area contributed by atoms with Crippen LogP contribution in [0.3, 0.4) is 0 Å². The molecule has 0 aliphatic heterocycles. The second-order valence-corrected chi connectivity index (χ2v) is 4.49. The van der Waals surface area contributed by atoms with Gasteiger partial charge in [0.15, 0.2) is 6.61 Å². The predicted molar refractivity (Wildman–Crippen MR) is 80.8 cm³/mol. The summed E-state index contributed by atoms with van der Waals surface area (Å²) < 4.78 is 5.27. The van der Waals surface area contributed by atoms with Gasteiger partial charge in [0.25, 0.3) is 0 Å². The van der Waals surface area contributed by atoms with Crippen molar-refractivity contribution in [1.82, 2.24) is 0 Å². The van der Waals surface area contributed by atoms with Crippen molar-refractivity contribution in [2.45, 2.75) is 12.8 Å². The van der Waals surface area contributed by atoms with Crippen LogP contribution >= 0.6 is 0 Å². The number of aryl methyl sites for hydroxylation is 1. The molecule has 20 heavy (non-hydrogen) atoms. The molecule has 102 valence electrons. The monoisotopic (exact) mass is 266 g/mol. The Morgan fingerprint density at radius 3 is 2.70 bits per heavy atom. The van der Waals surface area contributed by atoms with Crippen molar-refractivity contribution in [2.75, 3.05) is 18.5 Å². The summed E-state index contributed by atoms with van der Waals surface area (Å²) in [5, 5.41) is 11.9. The van der Waals surface area contributed by atoms with Crippen molar-refractivity contribution >= 4 is 5.69 Å². The summed E-state index contributed by atoms with van der Waals surface area (Å²) in [6.07, 6.45) is 2.14. The third-order valence-electron chi connectivity index (χ3n) is 2.95. The molecule has 0 amide bonds. The molecule has 0 aliphatic carbocycles. The molecule has 0 saturated heterocycles. The Labute approximate surface area is 119 Å². The Bertz CT molecular complexity index is 561. The maximum absolute atomic E-state index is 8.49. The fraction of sp³-hybridized carbons (Fsp3) is 0.235. The van der Waals surface area contributed by atoms with Crippen LogP contribution in [0, 0.1) is 11.3 Å². The highest BCUT2D eigenvalue weighted by Gasteiger charge is 1.97. The summed E-state index contributed by atoms with van der Waals surface area (Å²) >= 11 is 0. The third kappa shape index (κ3) is 4.66. The highest BCUT2D eigenvalue weighted by molar-refractivity contribution is 5.48. The molecule has 3 heteroatoms. The van der Waals surface area contributed by atoms with Crippen molar-refractivity contribution in [3.63, 3.8) is 0 Å². The van der Waals surface area contributed by atoms with Crippen LogP contribution in [0.4, 0.5) is 5.69 Å². The highest BCUT2D eigenvalue weighted by atomic mass is 16.5. The molecule has 0 heterocycles. The largest absolute Gasteiger partial charge is 0.479 e. The first-order valence-electron chi connectivity index (χ1n) is 6.76. The quantitative estimate of drug-likeness (QED) is 0.778. The summed E-state index contributed by atoms with van der Waals surface area (Å²) in [7, 11) is 0. The van der Waals surface area contributed by atoms with Crippen molar-refractivity contribution in [2.24, 2.45) is 0 Å². The number of ether oxygens (including phenoxy) is 1. The van der Waals surface area contributed by atoms with Gasteiger partial charge in [-0.2, -0.15) is 5.26 Å². The van der Waals surface area contributed by atoms with E-state index in [0.29, 0.717) is 0 Å². The number of hydrogen-bond acceptors (Lipinski definition) is 3. The summed E-state index contributed by atoms with van der Waals surface area (Å²) in [5.41, 5.74) is 2.38. The van der Waals surface area contributed by atoms with Gasteiger partial charge in [-0.25, -0.2) is 0 Å². The summed E-state index contributed by atoms with van der Waals surface area (Å²) in [6, 6.07) is 20.1. The van der Waals surface area contributed by atoms with E-state index in [1.807, 2.05) is 36.4 Å². The fourth-order valence-corrected chi connectivity index (χ4v) is 1.98. The second kappa shape index (κ2) is 7.85. The molecule has 1 N–H and O–H groups in total. The Hall–Kier alpha value is -2.47. The smallest absolute Gasteiger partial charge is 0.174 e. The highest BCUT2D eigenvalue weighted by Crippen LogP contribution is 2.17. The normalized spacial score (nSPS) is 9.75. The molecular weight excluding hydrogens is 248 g/mol. The SMILES string of the molecule is N#CCOc1cccc(NCCCc2ccccc2)c1. The number of nitriles is 1. The van der Waals surface area contributed by atoms with E-state index in [0.717, 1.165) is 30.8 Å². The van der Waals surface area contributed by atoms with Crippen molar-refractivity contribution in [1.29, 1.82) is 5.26 Å². The first kappa shape index (κ1) is 14.0. The van der Waals surface area contributed by atoms with E-state index >= 15 is 0 Å². The first-order chi connectivity index (χ1) is 9.88. The van der Waals surface area contributed by atoms with Gasteiger partial charge in [0.2, 0.25) is 0 Å². The number of anilines is 1. The van der Waals surface area contributed by atoms with Gasteiger partial charge in [0.05, 0.1) is 0 Å². The zero-order valence-corrected chi connectivity index (χ0v) is 11.4. The van der Waals surface area contributed by atoms with E-state index in [1.54, 1.807) is 0 Å². The van der Waals surface area contributed by atoms with Crippen LogP contribution in [0.25, 0.3) is 0 Å². The van der Waals surface area contributed by atoms with Gasteiger partial charge in [-0.1, -0.05) is 36.4 Å². The van der Waals surface area contributed by atoms with Gasteiger partial charge in [0.1, 0.15) is 11.8 Å². The van der Waals surface area contributed by atoms with Gasteiger partial charge in [0, 0.05) is 18.3 Å². The molecule has 2 rings (SSSR count). The molecule has 0 spiro atoms. The number of benzene rings is 2. The first-order valence-corrected chi connectivity index (χ1v) is 6.76. The molecule has 3 nitrogen and oxygen atoms in total. The average Bonchev–Trinajstić information content (AvgIpc) is 2.51.